The van der Waals surface area contributed by atoms with E-state index in [0.29, 0.717) is 0 Å². The van der Waals surface area contributed by atoms with Gasteiger partial charge in [0.1, 0.15) is 0 Å². The molecule has 0 aliphatic rings. The Bertz CT molecular complexity index is 427. The van der Waals surface area contributed by atoms with Crippen molar-refractivity contribution in [1.29, 1.82) is 0 Å². The van der Waals surface area contributed by atoms with Gasteiger partial charge in [0, 0.05) is 0 Å². The number of hydrogen-bond donors (Lipinski definition) is 1. The molecule has 0 aliphatic heterocycles. The molecule has 230 valence electrons. The van der Waals surface area contributed by atoms with Crippen molar-refractivity contribution in [3.63, 3.8) is 0 Å². The molecule has 0 saturated carbocycles. The summed E-state index contributed by atoms with van der Waals surface area (Å²) >= 11 is 16.6. The molecule has 4 heteroatoms. The maximum Gasteiger partial charge on any atom is 0.248 e. The maximum atomic E-state index is 6.16. The van der Waals surface area contributed by atoms with Crippen LogP contribution in [-0.2, 0) is 0 Å². The highest BCUT2D eigenvalue weighted by Crippen LogP contribution is 2.23. The lowest BCUT2D eigenvalue weighted by Crippen LogP contribution is -2.11. The van der Waals surface area contributed by atoms with Gasteiger partial charge in [-0.25, -0.2) is 0 Å². The minimum absolute atomic E-state index is 1.06. The fourth-order valence-electron chi connectivity index (χ4n) is 5.67. The highest BCUT2D eigenvalue weighted by Gasteiger charge is 2.19. The summed E-state index contributed by atoms with van der Waals surface area (Å²) in [6.45, 7) is 0.201. The Morgan fingerprint density at radius 2 is 0.474 bits per heavy atom. The Morgan fingerprint density at radius 3 is 0.632 bits per heavy atom. The van der Waals surface area contributed by atoms with Crippen molar-refractivity contribution in [2.24, 2.45) is 0 Å². The molecule has 0 spiro atoms. The van der Waals surface area contributed by atoms with Crippen LogP contribution in [0.15, 0.2) is 0 Å². The molecule has 0 amide bonds. The van der Waals surface area contributed by atoms with Crippen LogP contribution in [0.5, 0.6) is 0 Å². The van der Waals surface area contributed by atoms with E-state index in [0.717, 1.165) is 11.8 Å². The predicted molar refractivity (Wildman–Crippen MR) is 185 cm³/mol. The van der Waals surface area contributed by atoms with E-state index in [4.69, 9.17) is 22.2 Å². The number of thiol groups is 1. The number of rotatable bonds is 33. The summed E-state index contributed by atoms with van der Waals surface area (Å²) in [5.74, 6) is 1.07. The molecule has 0 bridgehead atoms. The zero-order valence-corrected chi connectivity index (χ0v) is 29.4. The van der Waals surface area contributed by atoms with Gasteiger partial charge >= 0.3 is 0 Å². The van der Waals surface area contributed by atoms with Gasteiger partial charge in [-0.3, -0.25) is 0 Å². The Hall–Kier alpha value is 1.15. The molecule has 38 heavy (non-hydrogen) atoms. The van der Waals surface area contributed by atoms with E-state index in [1.54, 1.807) is 0 Å². The third-order valence-corrected chi connectivity index (χ3v) is 11.0. The molecular weight excluding hydrogens is 539 g/mol. The van der Waals surface area contributed by atoms with E-state index in [2.05, 4.69) is 12.6 Å². The second kappa shape index (κ2) is 32.7. The van der Waals surface area contributed by atoms with Crippen molar-refractivity contribution in [1.82, 2.24) is 0 Å². The fraction of sp³-hybridized carbons (Fsp3) is 1.00. The van der Waals surface area contributed by atoms with Crippen LogP contribution >= 0.6 is 34.8 Å². The van der Waals surface area contributed by atoms with Gasteiger partial charge in [0.2, 0.25) is 6.69 Å². The lowest BCUT2D eigenvalue weighted by Gasteiger charge is -2.09. The third-order valence-electron chi connectivity index (χ3n) is 8.27. The minimum atomic E-state index is -1.84. The van der Waals surface area contributed by atoms with Gasteiger partial charge in [-0.2, -0.15) is 12.6 Å². The van der Waals surface area contributed by atoms with E-state index in [-0.39, 0.29) is 0 Å². The van der Waals surface area contributed by atoms with Gasteiger partial charge in [0.15, 0.2) is 0 Å². The van der Waals surface area contributed by atoms with Crippen LogP contribution in [0.25, 0.3) is 0 Å². The Morgan fingerprint density at radius 1 is 0.316 bits per heavy atom. The van der Waals surface area contributed by atoms with E-state index in [1.807, 2.05) is 6.55 Å². The first-order valence-corrected chi connectivity index (χ1v) is 22.9. The molecule has 0 saturated heterocycles. The summed E-state index contributed by atoms with van der Waals surface area (Å²) in [5.41, 5.74) is 0. The van der Waals surface area contributed by atoms with Crippen LogP contribution in [0, 0.1) is 0 Å². The van der Waals surface area contributed by atoms with Crippen LogP contribution < -0.4 is 0 Å². The first-order chi connectivity index (χ1) is 18.6. The highest BCUT2D eigenvalue weighted by atomic mass is 35.7. The van der Waals surface area contributed by atoms with Crippen LogP contribution in [0.2, 0.25) is 12.6 Å². The lowest BCUT2D eigenvalue weighted by atomic mass is 10.0. The summed E-state index contributed by atoms with van der Waals surface area (Å²) in [5, 5.41) is 0. The Balaban J connectivity index is 3.04. The van der Waals surface area contributed by atoms with Crippen molar-refractivity contribution in [3.05, 3.63) is 0 Å². The molecule has 0 nitrogen and oxygen atoms in total. The van der Waals surface area contributed by atoms with E-state index >= 15 is 0 Å². The van der Waals surface area contributed by atoms with Crippen LogP contribution in [-0.4, -0.2) is 12.4 Å². The van der Waals surface area contributed by atoms with E-state index in [1.165, 1.54) is 199 Å². The van der Waals surface area contributed by atoms with Crippen molar-refractivity contribution < 1.29 is 0 Å². The molecule has 0 rings (SSSR count). The monoisotopic (exact) mass is 608 g/mol. The van der Waals surface area contributed by atoms with Crippen LogP contribution in [0.3, 0.4) is 0 Å². The summed E-state index contributed by atoms with van der Waals surface area (Å²) < 4.78 is 0. The first kappa shape index (κ1) is 39.1. The molecule has 0 unspecified atom stereocenters. The normalized spacial score (nSPS) is 12.0. The second-order valence-corrected chi connectivity index (χ2v) is 21.2. The standard InChI is InChI=1S/C34H70Cl2SSi/c1-38(35,36)34-32-30-28-26-24-22-20-18-16-14-12-10-8-6-4-2-3-5-7-9-11-13-15-17-19-21-23-25-27-29-31-33-37/h37H,2-34H2,1H3. The second-order valence-electron chi connectivity index (χ2n) is 12.5. The first-order valence-electron chi connectivity index (χ1n) is 17.5. The molecule has 0 aliphatic carbocycles. The molecule has 0 aromatic rings. The number of halogens is 2. The summed E-state index contributed by atoms with van der Waals surface area (Å²) in [6, 6.07) is 1.06. The van der Waals surface area contributed by atoms with E-state index in [9.17, 15) is 0 Å². The van der Waals surface area contributed by atoms with Gasteiger partial charge in [0.25, 0.3) is 0 Å². The molecule has 0 N–H and O–H groups in total. The average Bonchev–Trinajstić information content (AvgIpc) is 2.88. The zero-order chi connectivity index (χ0) is 27.8. The molecule has 0 aromatic heterocycles. The molecule has 0 fully saturated rings. The van der Waals surface area contributed by atoms with Crippen molar-refractivity contribution in [2.75, 3.05) is 5.75 Å². The van der Waals surface area contributed by atoms with Crippen molar-refractivity contribution >= 4 is 41.5 Å². The molecular formula is C34H70Cl2SSi. The number of hydrogen-bond acceptors (Lipinski definition) is 1. The topological polar surface area (TPSA) is 0 Å². The van der Waals surface area contributed by atoms with Gasteiger partial charge in [-0.05, 0) is 24.8 Å². The van der Waals surface area contributed by atoms with Crippen molar-refractivity contribution in [2.45, 2.75) is 212 Å². The molecule has 0 heterocycles. The summed E-state index contributed by atoms with van der Waals surface area (Å²) in [7, 11) is 0. The van der Waals surface area contributed by atoms with Crippen LogP contribution in [0.4, 0.5) is 0 Å². The molecule has 0 atom stereocenters. The van der Waals surface area contributed by atoms with Crippen molar-refractivity contribution in [3.8, 4) is 0 Å². The quantitative estimate of drug-likeness (QED) is 0.0325. The smallest absolute Gasteiger partial charge is 0.179 e. The van der Waals surface area contributed by atoms with Gasteiger partial charge in [-0.1, -0.05) is 193 Å². The van der Waals surface area contributed by atoms with Gasteiger partial charge in [-0.15, -0.1) is 22.2 Å². The Labute approximate surface area is 257 Å². The highest BCUT2D eigenvalue weighted by molar-refractivity contribution is 7.80. The Kier molecular flexibility index (Phi) is 33.6. The number of unbranched alkanes of at least 4 members (excludes halogenated alkanes) is 30. The minimum Gasteiger partial charge on any atom is -0.179 e. The largest absolute Gasteiger partial charge is 0.248 e. The fourth-order valence-corrected chi connectivity index (χ4v) is 7.57. The zero-order valence-electron chi connectivity index (χ0n) is 26.0. The van der Waals surface area contributed by atoms with Gasteiger partial charge in [0.05, 0.1) is 0 Å². The SMILES string of the molecule is C[Si](Cl)(Cl)CCCCCCCCCCCCCCCCCCCCCCCCCCCCCCCCCS. The average molecular weight is 610 g/mol. The molecule has 0 aromatic carbocycles. The van der Waals surface area contributed by atoms with E-state index < -0.39 is 6.69 Å². The third kappa shape index (κ3) is 37.1. The predicted octanol–water partition coefficient (Wildman–Crippen LogP) is 14.6. The van der Waals surface area contributed by atoms with Crippen LogP contribution in [0.1, 0.15) is 199 Å². The summed E-state index contributed by atoms with van der Waals surface area (Å²) in [4.78, 5) is 0. The lowest BCUT2D eigenvalue weighted by molar-refractivity contribution is 0.513. The van der Waals surface area contributed by atoms with Gasteiger partial charge < -0.3 is 0 Å². The maximum absolute atomic E-state index is 6.16. The molecule has 0 radical (unpaired) electrons. The summed E-state index contributed by atoms with van der Waals surface area (Å²) in [6.07, 6.45) is 44.7.